The summed E-state index contributed by atoms with van der Waals surface area (Å²) in [5, 5.41) is 0.759. The summed E-state index contributed by atoms with van der Waals surface area (Å²) < 4.78 is 25.3. The molecule has 2 aromatic carbocycles. The second kappa shape index (κ2) is 8.78. The highest BCUT2D eigenvalue weighted by molar-refractivity contribution is 7.22. The summed E-state index contributed by atoms with van der Waals surface area (Å²) in [5.41, 5.74) is 0.571. The number of nitrogens with zero attached hydrogens (tertiary/aromatic N) is 3. The number of para-hydroxylation sites is 1. The van der Waals surface area contributed by atoms with Crippen molar-refractivity contribution in [3.63, 3.8) is 0 Å². The van der Waals surface area contributed by atoms with Crippen LogP contribution >= 0.6 is 11.3 Å². The molecular formula is C23H20FN3O4S. The Hall–Kier alpha value is -3.14. The van der Waals surface area contributed by atoms with Crippen molar-refractivity contribution >= 4 is 43.6 Å². The number of rotatable bonds is 5. The first-order chi connectivity index (χ1) is 15.6. The molecule has 0 saturated carbocycles. The first-order valence-corrected chi connectivity index (χ1v) is 11.1. The molecule has 1 amide bonds. The lowest BCUT2D eigenvalue weighted by Gasteiger charge is -2.29. The zero-order chi connectivity index (χ0) is 22.1. The molecule has 0 aliphatic carbocycles. The van der Waals surface area contributed by atoms with Gasteiger partial charge >= 0.3 is 0 Å². The summed E-state index contributed by atoms with van der Waals surface area (Å²) in [5.74, 6) is -0.855. The van der Waals surface area contributed by atoms with E-state index in [-0.39, 0.29) is 16.8 Å². The highest BCUT2D eigenvalue weighted by atomic mass is 32.1. The fourth-order valence-electron chi connectivity index (χ4n) is 3.72. The van der Waals surface area contributed by atoms with Crippen molar-refractivity contribution in [2.45, 2.75) is 0 Å². The number of amides is 1. The van der Waals surface area contributed by atoms with Gasteiger partial charge in [0.15, 0.2) is 5.13 Å². The van der Waals surface area contributed by atoms with Gasteiger partial charge in [-0.3, -0.25) is 19.4 Å². The maximum atomic E-state index is 13.7. The molecule has 164 valence electrons. The molecule has 1 aliphatic rings. The molecule has 2 aromatic heterocycles. The first-order valence-electron chi connectivity index (χ1n) is 10.3. The summed E-state index contributed by atoms with van der Waals surface area (Å²) in [6.07, 6.45) is 1.21. The van der Waals surface area contributed by atoms with Crippen LogP contribution in [0.3, 0.4) is 0 Å². The average Bonchev–Trinajstić information content (AvgIpc) is 3.23. The van der Waals surface area contributed by atoms with Crippen LogP contribution in [0.4, 0.5) is 9.52 Å². The third kappa shape index (κ3) is 4.02. The van der Waals surface area contributed by atoms with Crippen molar-refractivity contribution in [2.75, 3.05) is 44.3 Å². The van der Waals surface area contributed by atoms with E-state index in [0.29, 0.717) is 52.6 Å². The van der Waals surface area contributed by atoms with Crippen molar-refractivity contribution < 1.29 is 18.3 Å². The molecule has 5 rings (SSSR count). The van der Waals surface area contributed by atoms with E-state index in [1.807, 2.05) is 0 Å². The molecule has 0 spiro atoms. The molecule has 7 nitrogen and oxygen atoms in total. The van der Waals surface area contributed by atoms with E-state index >= 15 is 0 Å². The number of aromatic nitrogens is 1. The van der Waals surface area contributed by atoms with Crippen molar-refractivity contribution in [1.29, 1.82) is 0 Å². The maximum Gasteiger partial charge on any atom is 0.267 e. The summed E-state index contributed by atoms with van der Waals surface area (Å²) in [6, 6.07) is 11.1. The second-order valence-corrected chi connectivity index (χ2v) is 8.50. The standard InChI is InChI=1S/C23H20FN3O4S/c24-15-5-6-18-20(13-15)32-23(25-18)27(8-7-26-9-11-30-12-10-26)22(29)17-14-31-19-4-2-1-3-16(19)21(17)28/h1-6,13-14H,7-12H2. The van der Waals surface area contributed by atoms with Crippen molar-refractivity contribution in [2.24, 2.45) is 0 Å². The van der Waals surface area contributed by atoms with Gasteiger partial charge in [0.2, 0.25) is 5.43 Å². The number of hydrogen-bond donors (Lipinski definition) is 0. The zero-order valence-corrected chi connectivity index (χ0v) is 17.9. The van der Waals surface area contributed by atoms with Gasteiger partial charge in [-0.25, -0.2) is 9.37 Å². The normalized spacial score (nSPS) is 14.8. The molecule has 0 bridgehead atoms. The van der Waals surface area contributed by atoms with Crippen LogP contribution in [0.1, 0.15) is 10.4 Å². The monoisotopic (exact) mass is 453 g/mol. The summed E-state index contributed by atoms with van der Waals surface area (Å²) >= 11 is 1.22. The molecule has 0 atom stereocenters. The highest BCUT2D eigenvalue weighted by Gasteiger charge is 2.26. The molecule has 32 heavy (non-hydrogen) atoms. The van der Waals surface area contributed by atoms with Gasteiger partial charge in [0, 0.05) is 26.2 Å². The van der Waals surface area contributed by atoms with Crippen LogP contribution in [0, 0.1) is 5.82 Å². The molecule has 3 heterocycles. The van der Waals surface area contributed by atoms with Crippen LogP contribution < -0.4 is 10.3 Å². The van der Waals surface area contributed by atoms with E-state index in [2.05, 4.69) is 9.88 Å². The Labute approximate surface area is 186 Å². The first kappa shape index (κ1) is 20.7. The molecule has 1 aliphatic heterocycles. The number of halogens is 1. The minimum atomic E-state index is -0.489. The largest absolute Gasteiger partial charge is 0.463 e. The van der Waals surface area contributed by atoms with Crippen LogP contribution in [-0.2, 0) is 4.74 Å². The highest BCUT2D eigenvalue weighted by Crippen LogP contribution is 2.30. The molecule has 9 heteroatoms. The number of fused-ring (bicyclic) bond motifs is 2. The molecular weight excluding hydrogens is 433 g/mol. The minimum Gasteiger partial charge on any atom is -0.463 e. The molecule has 4 aromatic rings. The van der Waals surface area contributed by atoms with Gasteiger partial charge in [-0.1, -0.05) is 23.5 Å². The fraction of sp³-hybridized carbons (Fsp3) is 0.261. The van der Waals surface area contributed by atoms with E-state index < -0.39 is 5.91 Å². The van der Waals surface area contributed by atoms with E-state index in [1.54, 1.807) is 30.3 Å². The molecule has 0 N–H and O–H groups in total. The van der Waals surface area contributed by atoms with Gasteiger partial charge in [-0.05, 0) is 30.3 Å². The molecule has 0 unspecified atom stereocenters. The van der Waals surface area contributed by atoms with Gasteiger partial charge < -0.3 is 9.15 Å². The van der Waals surface area contributed by atoms with E-state index in [4.69, 9.17) is 9.15 Å². The molecule has 0 radical (unpaired) electrons. The third-order valence-electron chi connectivity index (χ3n) is 5.47. The minimum absolute atomic E-state index is 0.0592. The predicted octanol–water partition coefficient (Wildman–Crippen LogP) is 3.52. The van der Waals surface area contributed by atoms with Gasteiger partial charge in [-0.15, -0.1) is 0 Å². The Morgan fingerprint density at radius 1 is 1.19 bits per heavy atom. The SMILES string of the molecule is O=C(c1coc2ccccc2c1=O)N(CCN1CCOCC1)c1nc2ccc(F)cc2s1. The number of carbonyl (C=O) groups excluding carboxylic acids is 1. The number of anilines is 1. The van der Waals surface area contributed by atoms with Gasteiger partial charge in [0.1, 0.15) is 23.2 Å². The number of morpholine rings is 1. The topological polar surface area (TPSA) is 75.9 Å². The fourth-order valence-corrected chi connectivity index (χ4v) is 4.74. The summed E-state index contributed by atoms with van der Waals surface area (Å²) in [4.78, 5) is 34.8. The van der Waals surface area contributed by atoms with Crippen molar-refractivity contribution in [3.8, 4) is 0 Å². The molecule has 1 fully saturated rings. The Kier molecular flexibility index (Phi) is 5.69. The maximum absolute atomic E-state index is 13.7. The van der Waals surface area contributed by atoms with Gasteiger partial charge in [0.25, 0.3) is 5.91 Å². The second-order valence-electron chi connectivity index (χ2n) is 7.49. The summed E-state index contributed by atoms with van der Waals surface area (Å²) in [7, 11) is 0. The van der Waals surface area contributed by atoms with E-state index in [1.165, 1.54) is 34.6 Å². The molecule has 1 saturated heterocycles. The lowest BCUT2D eigenvalue weighted by atomic mass is 10.1. The van der Waals surface area contributed by atoms with Crippen LogP contribution in [0.25, 0.3) is 21.2 Å². The number of carbonyl (C=O) groups is 1. The number of hydrogen-bond acceptors (Lipinski definition) is 7. The quantitative estimate of drug-likeness (QED) is 0.460. The van der Waals surface area contributed by atoms with Crippen LogP contribution in [0.2, 0.25) is 0 Å². The Balaban J connectivity index is 1.52. The summed E-state index contributed by atoms with van der Waals surface area (Å²) in [6.45, 7) is 3.74. The number of thiazole rings is 1. The lowest BCUT2D eigenvalue weighted by molar-refractivity contribution is 0.0391. The van der Waals surface area contributed by atoms with E-state index in [0.717, 1.165) is 13.1 Å². The van der Waals surface area contributed by atoms with Gasteiger partial charge in [0.05, 0.1) is 28.8 Å². The van der Waals surface area contributed by atoms with E-state index in [9.17, 15) is 14.0 Å². The zero-order valence-electron chi connectivity index (χ0n) is 17.1. The number of benzene rings is 2. The Morgan fingerprint density at radius 2 is 2.00 bits per heavy atom. The smallest absolute Gasteiger partial charge is 0.267 e. The van der Waals surface area contributed by atoms with Crippen molar-refractivity contribution in [3.05, 3.63) is 70.3 Å². The van der Waals surface area contributed by atoms with Crippen LogP contribution in [0.5, 0.6) is 0 Å². The third-order valence-corrected chi connectivity index (χ3v) is 6.51. The van der Waals surface area contributed by atoms with Crippen molar-refractivity contribution in [1.82, 2.24) is 9.88 Å². The van der Waals surface area contributed by atoms with Crippen LogP contribution in [0.15, 0.2) is 57.9 Å². The number of ether oxygens (including phenoxy) is 1. The van der Waals surface area contributed by atoms with Gasteiger partial charge in [-0.2, -0.15) is 0 Å². The predicted molar refractivity (Wildman–Crippen MR) is 121 cm³/mol. The Morgan fingerprint density at radius 3 is 2.84 bits per heavy atom. The lowest BCUT2D eigenvalue weighted by Crippen LogP contribution is -2.44. The average molecular weight is 453 g/mol. The Bertz CT molecular complexity index is 1350. The van der Waals surface area contributed by atoms with Crippen LogP contribution in [-0.4, -0.2) is 55.2 Å².